The first-order chi connectivity index (χ1) is 8.89. The Morgan fingerprint density at radius 3 is 2.53 bits per heavy atom. The standard InChI is InChI=1S/C13H17N3O2S/c1-9-11(10(2)16-15-9)8-14-12-6-4-5-7-13(12)19(3,17)18/h4-7,14H,8H2,1-3H3,(H,15,16). The van der Waals surface area contributed by atoms with Gasteiger partial charge in [0.05, 0.1) is 16.3 Å². The SMILES string of the molecule is Cc1n[nH]c(C)c1CNc1ccccc1S(C)(=O)=O. The lowest BCUT2D eigenvalue weighted by atomic mass is 10.2. The Morgan fingerprint density at radius 2 is 1.95 bits per heavy atom. The molecule has 1 aromatic carbocycles. The zero-order valence-electron chi connectivity index (χ0n) is 11.2. The number of sulfone groups is 1. The number of rotatable bonds is 4. The minimum Gasteiger partial charge on any atom is -0.380 e. The van der Waals surface area contributed by atoms with Gasteiger partial charge in [0.15, 0.2) is 9.84 Å². The zero-order valence-corrected chi connectivity index (χ0v) is 12.0. The predicted molar refractivity (Wildman–Crippen MR) is 74.9 cm³/mol. The number of para-hydroxylation sites is 1. The van der Waals surface area contributed by atoms with E-state index in [0.29, 0.717) is 17.1 Å². The van der Waals surface area contributed by atoms with Crippen molar-refractivity contribution in [2.24, 2.45) is 0 Å². The fourth-order valence-corrected chi connectivity index (χ4v) is 2.82. The molecule has 0 radical (unpaired) electrons. The number of aryl methyl sites for hydroxylation is 2. The fourth-order valence-electron chi connectivity index (χ4n) is 1.95. The third-order valence-electron chi connectivity index (χ3n) is 3.02. The molecule has 6 heteroatoms. The number of benzene rings is 1. The summed E-state index contributed by atoms with van der Waals surface area (Å²) in [4.78, 5) is 0.314. The Balaban J connectivity index is 2.26. The first-order valence-electron chi connectivity index (χ1n) is 5.93. The number of hydrogen-bond donors (Lipinski definition) is 2. The van der Waals surface area contributed by atoms with Crippen LogP contribution in [0.15, 0.2) is 29.2 Å². The van der Waals surface area contributed by atoms with Gasteiger partial charge in [-0.25, -0.2) is 8.42 Å². The summed E-state index contributed by atoms with van der Waals surface area (Å²) in [7, 11) is -3.23. The highest BCUT2D eigenvalue weighted by atomic mass is 32.2. The summed E-state index contributed by atoms with van der Waals surface area (Å²) in [5.41, 5.74) is 3.58. The number of anilines is 1. The molecule has 19 heavy (non-hydrogen) atoms. The summed E-state index contributed by atoms with van der Waals surface area (Å²) in [6, 6.07) is 6.90. The topological polar surface area (TPSA) is 74.8 Å². The third-order valence-corrected chi connectivity index (χ3v) is 4.18. The number of nitrogens with zero attached hydrogens (tertiary/aromatic N) is 1. The molecule has 0 aliphatic carbocycles. The van der Waals surface area contributed by atoms with Crippen LogP contribution < -0.4 is 5.32 Å². The van der Waals surface area contributed by atoms with Crippen LogP contribution in [0.3, 0.4) is 0 Å². The van der Waals surface area contributed by atoms with Crippen molar-refractivity contribution < 1.29 is 8.42 Å². The Hall–Kier alpha value is -1.82. The lowest BCUT2D eigenvalue weighted by molar-refractivity contribution is 0.602. The summed E-state index contributed by atoms with van der Waals surface area (Å²) in [6.45, 7) is 4.41. The van der Waals surface area contributed by atoms with Gasteiger partial charge in [-0.3, -0.25) is 5.10 Å². The van der Waals surface area contributed by atoms with Crippen LogP contribution in [0.25, 0.3) is 0 Å². The Bertz CT molecular complexity index is 670. The molecule has 2 rings (SSSR count). The molecule has 2 aromatic rings. The maximum absolute atomic E-state index is 11.7. The van der Waals surface area contributed by atoms with Gasteiger partial charge in [-0.1, -0.05) is 12.1 Å². The maximum atomic E-state index is 11.7. The molecule has 0 unspecified atom stereocenters. The van der Waals surface area contributed by atoms with Gasteiger partial charge in [0, 0.05) is 24.1 Å². The van der Waals surface area contributed by atoms with Gasteiger partial charge in [0.25, 0.3) is 0 Å². The monoisotopic (exact) mass is 279 g/mol. The average molecular weight is 279 g/mol. The van der Waals surface area contributed by atoms with Crippen LogP contribution in [0, 0.1) is 13.8 Å². The van der Waals surface area contributed by atoms with Gasteiger partial charge < -0.3 is 5.32 Å². The Morgan fingerprint density at radius 1 is 1.26 bits per heavy atom. The summed E-state index contributed by atoms with van der Waals surface area (Å²) in [6.07, 6.45) is 1.21. The van der Waals surface area contributed by atoms with Crippen LogP contribution in [0.2, 0.25) is 0 Å². The normalized spacial score (nSPS) is 11.5. The van der Waals surface area contributed by atoms with E-state index in [-0.39, 0.29) is 0 Å². The second-order valence-corrected chi connectivity index (χ2v) is 6.52. The van der Waals surface area contributed by atoms with E-state index < -0.39 is 9.84 Å². The van der Waals surface area contributed by atoms with Crippen molar-refractivity contribution in [1.29, 1.82) is 0 Å². The minimum atomic E-state index is -3.23. The maximum Gasteiger partial charge on any atom is 0.177 e. The smallest absolute Gasteiger partial charge is 0.177 e. The summed E-state index contributed by atoms with van der Waals surface area (Å²) >= 11 is 0. The van der Waals surface area contributed by atoms with E-state index in [1.165, 1.54) is 6.26 Å². The van der Waals surface area contributed by atoms with E-state index in [2.05, 4.69) is 15.5 Å². The van der Waals surface area contributed by atoms with E-state index in [1.54, 1.807) is 18.2 Å². The quantitative estimate of drug-likeness (QED) is 0.898. The number of aromatic nitrogens is 2. The van der Waals surface area contributed by atoms with Crippen LogP contribution in [0.5, 0.6) is 0 Å². The molecule has 1 heterocycles. The third kappa shape index (κ3) is 2.96. The van der Waals surface area contributed by atoms with Crippen molar-refractivity contribution in [2.75, 3.05) is 11.6 Å². The van der Waals surface area contributed by atoms with Gasteiger partial charge >= 0.3 is 0 Å². The van der Waals surface area contributed by atoms with E-state index in [4.69, 9.17) is 0 Å². The van der Waals surface area contributed by atoms with Crippen LogP contribution in [0.4, 0.5) is 5.69 Å². The van der Waals surface area contributed by atoms with Crippen molar-refractivity contribution in [3.8, 4) is 0 Å². The highest BCUT2D eigenvalue weighted by molar-refractivity contribution is 7.90. The lowest BCUT2D eigenvalue weighted by Crippen LogP contribution is -2.07. The van der Waals surface area contributed by atoms with Gasteiger partial charge in [-0.2, -0.15) is 5.10 Å². The summed E-state index contributed by atoms with van der Waals surface area (Å²) in [5, 5.41) is 10.2. The molecule has 5 nitrogen and oxygen atoms in total. The Kier molecular flexibility index (Phi) is 3.61. The van der Waals surface area contributed by atoms with Gasteiger partial charge in [-0.05, 0) is 26.0 Å². The molecule has 0 amide bonds. The van der Waals surface area contributed by atoms with Gasteiger partial charge in [-0.15, -0.1) is 0 Å². The lowest BCUT2D eigenvalue weighted by Gasteiger charge is -2.10. The first kappa shape index (κ1) is 13.6. The van der Waals surface area contributed by atoms with Gasteiger partial charge in [0.1, 0.15) is 0 Å². The number of H-pyrrole nitrogens is 1. The molecule has 0 saturated carbocycles. The number of nitrogens with one attached hydrogen (secondary N) is 2. The molecular formula is C13H17N3O2S. The van der Waals surface area contributed by atoms with E-state index in [1.807, 2.05) is 19.9 Å². The Labute approximate surface area is 113 Å². The molecule has 0 bridgehead atoms. The van der Waals surface area contributed by atoms with Crippen molar-refractivity contribution >= 4 is 15.5 Å². The highest BCUT2D eigenvalue weighted by Crippen LogP contribution is 2.22. The predicted octanol–water partition coefficient (Wildman–Crippen LogP) is 2.04. The summed E-state index contributed by atoms with van der Waals surface area (Å²) < 4.78 is 23.4. The zero-order chi connectivity index (χ0) is 14.0. The molecule has 0 saturated heterocycles. The first-order valence-corrected chi connectivity index (χ1v) is 7.82. The average Bonchev–Trinajstić information content (AvgIpc) is 2.66. The largest absolute Gasteiger partial charge is 0.380 e. The second kappa shape index (κ2) is 5.05. The second-order valence-electron chi connectivity index (χ2n) is 4.53. The molecule has 2 N–H and O–H groups in total. The molecule has 0 aliphatic rings. The van der Waals surface area contributed by atoms with Crippen molar-refractivity contribution in [3.63, 3.8) is 0 Å². The van der Waals surface area contributed by atoms with Crippen molar-refractivity contribution in [3.05, 3.63) is 41.2 Å². The van der Waals surface area contributed by atoms with E-state index in [0.717, 1.165) is 17.0 Å². The molecular weight excluding hydrogens is 262 g/mol. The molecule has 1 aromatic heterocycles. The molecule has 0 atom stereocenters. The molecule has 0 spiro atoms. The van der Waals surface area contributed by atoms with E-state index in [9.17, 15) is 8.42 Å². The molecule has 0 aliphatic heterocycles. The highest BCUT2D eigenvalue weighted by Gasteiger charge is 2.13. The number of aromatic amines is 1. The van der Waals surface area contributed by atoms with E-state index >= 15 is 0 Å². The van der Waals surface area contributed by atoms with Crippen molar-refractivity contribution in [2.45, 2.75) is 25.3 Å². The van der Waals surface area contributed by atoms with Crippen molar-refractivity contribution in [1.82, 2.24) is 10.2 Å². The van der Waals surface area contributed by atoms with Crippen LogP contribution in [-0.4, -0.2) is 24.9 Å². The summed E-state index contributed by atoms with van der Waals surface area (Å²) in [5.74, 6) is 0. The van der Waals surface area contributed by atoms with Gasteiger partial charge in [0.2, 0.25) is 0 Å². The van der Waals surface area contributed by atoms with Crippen LogP contribution >= 0.6 is 0 Å². The molecule has 102 valence electrons. The fraction of sp³-hybridized carbons (Fsp3) is 0.308. The minimum absolute atomic E-state index is 0.314. The van der Waals surface area contributed by atoms with Crippen LogP contribution in [0.1, 0.15) is 17.0 Å². The number of hydrogen-bond acceptors (Lipinski definition) is 4. The van der Waals surface area contributed by atoms with Crippen LogP contribution in [-0.2, 0) is 16.4 Å². The molecule has 0 fully saturated rings.